The van der Waals surface area contributed by atoms with Gasteiger partial charge < -0.3 is 10.1 Å². The third-order valence-electron chi connectivity index (χ3n) is 3.39. The Kier molecular flexibility index (Phi) is 5.01. The van der Waals surface area contributed by atoms with Crippen molar-refractivity contribution in [1.29, 1.82) is 0 Å². The molecular weight excluding hydrogens is 365 g/mol. The molecule has 27 heavy (non-hydrogen) atoms. The van der Waals surface area contributed by atoms with Crippen molar-refractivity contribution in [3.63, 3.8) is 0 Å². The molecule has 1 N–H and O–H groups in total. The SMILES string of the molecule is Cn1nnnc1-c1cccc(NC(=O)c2cccnc2OCC(F)(F)F)c1. The van der Waals surface area contributed by atoms with Gasteiger partial charge in [0.25, 0.3) is 5.91 Å². The first kappa shape index (κ1) is 18.3. The topological polar surface area (TPSA) is 94.8 Å². The van der Waals surface area contributed by atoms with Gasteiger partial charge in [0, 0.05) is 24.5 Å². The fraction of sp³-hybridized carbons (Fsp3) is 0.188. The normalized spacial score (nSPS) is 11.3. The van der Waals surface area contributed by atoms with E-state index in [9.17, 15) is 18.0 Å². The van der Waals surface area contributed by atoms with Crippen LogP contribution < -0.4 is 10.1 Å². The molecule has 8 nitrogen and oxygen atoms in total. The zero-order valence-corrected chi connectivity index (χ0v) is 13.9. The van der Waals surface area contributed by atoms with Crippen molar-refractivity contribution in [2.24, 2.45) is 7.05 Å². The lowest BCUT2D eigenvalue weighted by Crippen LogP contribution is -2.22. The van der Waals surface area contributed by atoms with E-state index in [2.05, 4.69) is 30.6 Å². The first-order valence-electron chi connectivity index (χ1n) is 7.62. The van der Waals surface area contributed by atoms with Crippen molar-refractivity contribution in [2.75, 3.05) is 11.9 Å². The summed E-state index contributed by atoms with van der Waals surface area (Å²) >= 11 is 0. The number of halogens is 3. The van der Waals surface area contributed by atoms with Crippen LogP contribution in [-0.4, -0.2) is 43.9 Å². The molecule has 0 atom stereocenters. The Morgan fingerprint density at radius 2 is 2.07 bits per heavy atom. The number of carbonyl (C=O) groups excluding carboxylic acids is 1. The Morgan fingerprint density at radius 1 is 1.26 bits per heavy atom. The summed E-state index contributed by atoms with van der Waals surface area (Å²) in [6.07, 6.45) is -3.30. The summed E-state index contributed by atoms with van der Waals surface area (Å²) in [5.74, 6) is -0.573. The molecule has 1 amide bonds. The summed E-state index contributed by atoms with van der Waals surface area (Å²) in [5, 5.41) is 13.8. The highest BCUT2D eigenvalue weighted by Crippen LogP contribution is 2.23. The zero-order chi connectivity index (χ0) is 19.4. The predicted molar refractivity (Wildman–Crippen MR) is 88.0 cm³/mol. The molecule has 0 spiro atoms. The van der Waals surface area contributed by atoms with Crippen LogP contribution in [0.25, 0.3) is 11.4 Å². The van der Waals surface area contributed by atoms with Crippen molar-refractivity contribution in [2.45, 2.75) is 6.18 Å². The van der Waals surface area contributed by atoms with Gasteiger partial charge >= 0.3 is 6.18 Å². The van der Waals surface area contributed by atoms with E-state index >= 15 is 0 Å². The molecule has 2 heterocycles. The molecule has 0 aliphatic carbocycles. The smallest absolute Gasteiger partial charge is 0.422 e. The van der Waals surface area contributed by atoms with Gasteiger partial charge in [0.2, 0.25) is 5.88 Å². The molecule has 0 unspecified atom stereocenters. The van der Waals surface area contributed by atoms with Gasteiger partial charge in [0.15, 0.2) is 12.4 Å². The van der Waals surface area contributed by atoms with Crippen LogP contribution in [0.5, 0.6) is 5.88 Å². The summed E-state index contributed by atoms with van der Waals surface area (Å²) in [6, 6.07) is 9.45. The fourth-order valence-corrected chi connectivity index (χ4v) is 2.24. The quantitative estimate of drug-likeness (QED) is 0.733. The van der Waals surface area contributed by atoms with E-state index in [1.807, 2.05) is 0 Å². The van der Waals surface area contributed by atoms with Crippen LogP contribution in [0.3, 0.4) is 0 Å². The summed E-state index contributed by atoms with van der Waals surface area (Å²) in [6.45, 7) is -1.54. The van der Waals surface area contributed by atoms with Crippen LogP contribution in [0.1, 0.15) is 10.4 Å². The molecule has 140 valence electrons. The van der Waals surface area contributed by atoms with E-state index < -0.39 is 24.6 Å². The number of hydrogen-bond acceptors (Lipinski definition) is 6. The second-order valence-corrected chi connectivity index (χ2v) is 5.42. The molecule has 2 aromatic heterocycles. The number of alkyl halides is 3. The van der Waals surface area contributed by atoms with Crippen molar-refractivity contribution < 1.29 is 22.7 Å². The van der Waals surface area contributed by atoms with Crippen molar-refractivity contribution in [1.82, 2.24) is 25.2 Å². The fourth-order valence-electron chi connectivity index (χ4n) is 2.24. The van der Waals surface area contributed by atoms with E-state index in [0.717, 1.165) is 0 Å². The lowest BCUT2D eigenvalue weighted by atomic mass is 10.1. The molecule has 0 bridgehead atoms. The lowest BCUT2D eigenvalue weighted by Gasteiger charge is -2.12. The number of rotatable bonds is 5. The molecule has 3 rings (SSSR count). The van der Waals surface area contributed by atoms with Gasteiger partial charge in [0.1, 0.15) is 5.56 Å². The number of nitrogens with zero attached hydrogens (tertiary/aromatic N) is 5. The maximum atomic E-state index is 12.5. The van der Waals surface area contributed by atoms with Gasteiger partial charge in [-0.1, -0.05) is 12.1 Å². The Balaban J connectivity index is 1.79. The van der Waals surface area contributed by atoms with Crippen molar-refractivity contribution >= 4 is 11.6 Å². The van der Waals surface area contributed by atoms with E-state index in [1.165, 1.54) is 23.0 Å². The number of carbonyl (C=O) groups is 1. The molecule has 0 radical (unpaired) electrons. The molecular formula is C16H13F3N6O2. The van der Waals surface area contributed by atoms with Gasteiger partial charge in [-0.25, -0.2) is 9.67 Å². The standard InChI is InChI=1S/C16H13F3N6O2/c1-25-13(22-23-24-25)10-4-2-5-11(8-10)21-14(26)12-6-3-7-20-15(12)27-9-16(17,18)19/h2-8H,9H2,1H3,(H,21,26). The van der Waals surface area contributed by atoms with E-state index in [-0.39, 0.29) is 5.56 Å². The second-order valence-electron chi connectivity index (χ2n) is 5.42. The first-order valence-corrected chi connectivity index (χ1v) is 7.62. The van der Waals surface area contributed by atoms with Crippen LogP contribution >= 0.6 is 0 Å². The molecule has 0 aliphatic rings. The summed E-state index contributed by atoms with van der Waals surface area (Å²) in [5.41, 5.74) is 0.943. The number of ether oxygens (including phenoxy) is 1. The number of pyridine rings is 1. The van der Waals surface area contributed by atoms with Crippen molar-refractivity contribution in [3.8, 4) is 17.3 Å². The highest BCUT2D eigenvalue weighted by Gasteiger charge is 2.29. The third kappa shape index (κ3) is 4.57. The summed E-state index contributed by atoms with van der Waals surface area (Å²) < 4.78 is 43.2. The minimum atomic E-state index is -4.54. The van der Waals surface area contributed by atoms with Crippen LogP contribution in [-0.2, 0) is 7.05 Å². The molecule has 0 fully saturated rings. The predicted octanol–water partition coefficient (Wildman–Crippen LogP) is 2.47. The molecule has 0 aliphatic heterocycles. The first-order chi connectivity index (χ1) is 12.8. The van der Waals surface area contributed by atoms with Crippen molar-refractivity contribution in [3.05, 3.63) is 48.2 Å². The summed E-state index contributed by atoms with van der Waals surface area (Å²) in [7, 11) is 1.67. The highest BCUT2D eigenvalue weighted by atomic mass is 19.4. The molecule has 0 saturated heterocycles. The number of anilines is 1. The average Bonchev–Trinajstić information content (AvgIpc) is 3.06. The minimum Gasteiger partial charge on any atom is -0.467 e. The second kappa shape index (κ2) is 7.40. The third-order valence-corrected chi connectivity index (χ3v) is 3.39. The maximum absolute atomic E-state index is 12.5. The number of aromatic nitrogens is 5. The number of nitrogens with one attached hydrogen (secondary N) is 1. The number of amides is 1. The summed E-state index contributed by atoms with van der Waals surface area (Å²) in [4.78, 5) is 16.2. The number of benzene rings is 1. The van der Waals surface area contributed by atoms with Crippen LogP contribution in [0.15, 0.2) is 42.6 Å². The monoisotopic (exact) mass is 378 g/mol. The Labute approximate surface area is 151 Å². The number of aryl methyl sites for hydroxylation is 1. The Bertz CT molecular complexity index is 957. The Morgan fingerprint density at radius 3 is 2.78 bits per heavy atom. The number of tetrazole rings is 1. The zero-order valence-electron chi connectivity index (χ0n) is 13.9. The minimum absolute atomic E-state index is 0.118. The van der Waals surface area contributed by atoms with Crippen LogP contribution in [0, 0.1) is 0 Å². The molecule has 11 heteroatoms. The molecule has 0 saturated carbocycles. The van der Waals surface area contributed by atoms with Crippen LogP contribution in [0.4, 0.5) is 18.9 Å². The highest BCUT2D eigenvalue weighted by molar-refractivity contribution is 6.06. The van der Waals surface area contributed by atoms with E-state index in [4.69, 9.17) is 0 Å². The van der Waals surface area contributed by atoms with Gasteiger partial charge in [0.05, 0.1) is 0 Å². The van der Waals surface area contributed by atoms with Gasteiger partial charge in [-0.05, 0) is 34.7 Å². The van der Waals surface area contributed by atoms with E-state index in [1.54, 1.807) is 31.3 Å². The van der Waals surface area contributed by atoms with Gasteiger partial charge in [-0.15, -0.1) is 5.10 Å². The van der Waals surface area contributed by atoms with Crippen LogP contribution in [0.2, 0.25) is 0 Å². The average molecular weight is 378 g/mol. The van der Waals surface area contributed by atoms with Gasteiger partial charge in [-0.2, -0.15) is 13.2 Å². The van der Waals surface area contributed by atoms with E-state index in [0.29, 0.717) is 17.1 Å². The molecule has 3 aromatic rings. The largest absolute Gasteiger partial charge is 0.467 e. The van der Waals surface area contributed by atoms with Gasteiger partial charge in [-0.3, -0.25) is 4.79 Å². The maximum Gasteiger partial charge on any atom is 0.422 e. The molecule has 1 aromatic carbocycles. The lowest BCUT2D eigenvalue weighted by molar-refractivity contribution is -0.154. The Hall–Kier alpha value is -3.50. The number of hydrogen-bond donors (Lipinski definition) is 1.